The molecule has 28 heavy (non-hydrogen) atoms. The number of rotatable bonds is 6. The summed E-state index contributed by atoms with van der Waals surface area (Å²) in [5, 5.41) is 0. The summed E-state index contributed by atoms with van der Waals surface area (Å²) in [4.78, 5) is 35.3. The van der Waals surface area contributed by atoms with Gasteiger partial charge < -0.3 is 0 Å². The average Bonchev–Trinajstić information content (AvgIpc) is 2.66. The Kier molecular flexibility index (Phi) is 6.66. The molecule has 0 unspecified atom stereocenters. The Morgan fingerprint density at radius 2 is 1.39 bits per heavy atom. The Morgan fingerprint density at radius 3 is 1.93 bits per heavy atom. The smallest absolute Gasteiger partial charge is 0.269 e. The molecular weight excluding hydrogens is 382 g/mol. The van der Waals surface area contributed by atoms with Crippen molar-refractivity contribution in [3.8, 4) is 0 Å². The summed E-state index contributed by atoms with van der Waals surface area (Å²) in [6.45, 7) is 4.60. The zero-order chi connectivity index (χ0) is 20.9. The molecule has 2 aromatic rings. The predicted octanol–water partition coefficient (Wildman–Crippen LogP) is 1.33. The van der Waals surface area contributed by atoms with Crippen LogP contribution in [-0.4, -0.2) is 32.1 Å². The third kappa shape index (κ3) is 5.48. The lowest BCUT2D eigenvalue weighted by Crippen LogP contribution is -2.51. The summed E-state index contributed by atoms with van der Waals surface area (Å²) in [6, 6.07) is 10.9. The lowest BCUT2D eigenvalue weighted by molar-refractivity contribution is -0.123. The summed E-state index contributed by atoms with van der Waals surface area (Å²) >= 11 is 0. The topological polar surface area (TPSA) is 121 Å². The van der Waals surface area contributed by atoms with Gasteiger partial charge in [-0.05, 0) is 45.0 Å². The van der Waals surface area contributed by atoms with E-state index in [2.05, 4.69) is 15.6 Å². The van der Waals surface area contributed by atoms with Gasteiger partial charge in [0, 0.05) is 11.1 Å². The standard InChI is InChI=1S/C19H21N3O5S/c1-12-4-6-16(7-5-12)19(25)21-20-18(24)13(2)22-28(26,27)17-10-8-15(9-11-17)14(3)23/h4-11,13,22H,1-3H3,(H,20,24)(H,21,25)/t13-/m0/s1. The van der Waals surface area contributed by atoms with Crippen molar-refractivity contribution in [2.45, 2.75) is 31.7 Å². The van der Waals surface area contributed by atoms with Gasteiger partial charge in [-0.3, -0.25) is 25.2 Å². The predicted molar refractivity (Wildman–Crippen MR) is 103 cm³/mol. The normalized spacial score (nSPS) is 12.1. The first-order chi connectivity index (χ1) is 13.1. The van der Waals surface area contributed by atoms with Gasteiger partial charge in [-0.1, -0.05) is 29.8 Å². The van der Waals surface area contributed by atoms with E-state index in [4.69, 9.17) is 0 Å². The zero-order valence-corrected chi connectivity index (χ0v) is 16.5. The molecule has 0 fully saturated rings. The van der Waals surface area contributed by atoms with Crippen LogP contribution >= 0.6 is 0 Å². The van der Waals surface area contributed by atoms with E-state index in [-0.39, 0.29) is 10.7 Å². The summed E-state index contributed by atoms with van der Waals surface area (Å²) in [6.07, 6.45) is 0. The summed E-state index contributed by atoms with van der Waals surface area (Å²) in [7, 11) is -3.98. The van der Waals surface area contributed by atoms with Gasteiger partial charge in [-0.15, -0.1) is 0 Å². The van der Waals surface area contributed by atoms with E-state index in [9.17, 15) is 22.8 Å². The molecule has 0 aliphatic heterocycles. The first kappa shape index (κ1) is 21.3. The number of hydrogen-bond donors (Lipinski definition) is 3. The van der Waals surface area contributed by atoms with Gasteiger partial charge in [-0.25, -0.2) is 8.42 Å². The van der Waals surface area contributed by atoms with Crippen LogP contribution in [0.15, 0.2) is 53.4 Å². The van der Waals surface area contributed by atoms with Crippen LogP contribution in [0.3, 0.4) is 0 Å². The molecule has 0 radical (unpaired) electrons. The molecule has 1 atom stereocenters. The maximum absolute atomic E-state index is 12.4. The van der Waals surface area contributed by atoms with Crippen LogP contribution in [0.25, 0.3) is 0 Å². The fourth-order valence-electron chi connectivity index (χ4n) is 2.23. The highest BCUT2D eigenvalue weighted by atomic mass is 32.2. The molecule has 3 N–H and O–H groups in total. The number of nitrogens with one attached hydrogen (secondary N) is 3. The SMILES string of the molecule is CC(=O)c1ccc(S(=O)(=O)N[C@@H](C)C(=O)NNC(=O)c2ccc(C)cc2)cc1. The molecule has 0 saturated heterocycles. The largest absolute Gasteiger partial charge is 0.295 e. The molecule has 0 heterocycles. The Hall–Kier alpha value is -3.04. The number of carbonyl (C=O) groups is 3. The number of hydrazine groups is 1. The number of sulfonamides is 1. The molecule has 2 amide bonds. The highest BCUT2D eigenvalue weighted by molar-refractivity contribution is 7.89. The lowest BCUT2D eigenvalue weighted by atomic mass is 10.1. The van der Waals surface area contributed by atoms with Crippen LogP contribution in [0.2, 0.25) is 0 Å². The maximum atomic E-state index is 12.4. The highest BCUT2D eigenvalue weighted by Gasteiger charge is 2.22. The molecule has 8 nitrogen and oxygen atoms in total. The van der Waals surface area contributed by atoms with Crippen molar-refractivity contribution >= 4 is 27.6 Å². The van der Waals surface area contributed by atoms with Crippen molar-refractivity contribution in [2.75, 3.05) is 0 Å². The molecular formula is C19H21N3O5S. The molecule has 0 saturated carbocycles. The molecule has 0 aliphatic carbocycles. The number of hydrogen-bond acceptors (Lipinski definition) is 5. The van der Waals surface area contributed by atoms with Crippen LogP contribution in [0.5, 0.6) is 0 Å². The van der Waals surface area contributed by atoms with E-state index in [1.807, 2.05) is 6.92 Å². The number of benzene rings is 2. The van der Waals surface area contributed by atoms with E-state index >= 15 is 0 Å². The molecule has 0 bridgehead atoms. The molecule has 9 heteroatoms. The Morgan fingerprint density at radius 1 is 0.857 bits per heavy atom. The van der Waals surface area contributed by atoms with Gasteiger partial charge in [0.2, 0.25) is 10.0 Å². The highest BCUT2D eigenvalue weighted by Crippen LogP contribution is 2.11. The van der Waals surface area contributed by atoms with Gasteiger partial charge in [0.1, 0.15) is 0 Å². The monoisotopic (exact) mass is 403 g/mol. The van der Waals surface area contributed by atoms with E-state index in [1.165, 1.54) is 38.1 Å². The Balaban J connectivity index is 1.95. The number of carbonyl (C=O) groups excluding carboxylic acids is 3. The van der Waals surface area contributed by atoms with Gasteiger partial charge in [0.25, 0.3) is 11.8 Å². The minimum absolute atomic E-state index is 0.0826. The van der Waals surface area contributed by atoms with Crippen LogP contribution in [0, 0.1) is 6.92 Å². The summed E-state index contributed by atoms with van der Waals surface area (Å²) in [5.74, 6) is -1.44. The second-order valence-electron chi connectivity index (χ2n) is 6.23. The summed E-state index contributed by atoms with van der Waals surface area (Å²) in [5.41, 5.74) is 6.13. The van der Waals surface area contributed by atoms with Crippen LogP contribution in [0.4, 0.5) is 0 Å². The minimum Gasteiger partial charge on any atom is -0.295 e. The second kappa shape index (κ2) is 8.77. The van der Waals surface area contributed by atoms with Crippen molar-refractivity contribution in [3.05, 3.63) is 65.2 Å². The van der Waals surface area contributed by atoms with E-state index in [0.29, 0.717) is 11.1 Å². The second-order valence-corrected chi connectivity index (χ2v) is 7.95. The Bertz CT molecular complexity index is 983. The number of amides is 2. The van der Waals surface area contributed by atoms with Gasteiger partial charge in [0.15, 0.2) is 5.78 Å². The van der Waals surface area contributed by atoms with Crippen molar-refractivity contribution in [2.24, 2.45) is 0 Å². The third-order valence-electron chi connectivity index (χ3n) is 3.91. The number of Topliss-reactive ketones (excluding diaryl/α,β-unsaturated/α-hetero) is 1. The molecule has 2 rings (SSSR count). The van der Waals surface area contributed by atoms with Crippen LogP contribution in [-0.2, 0) is 14.8 Å². The van der Waals surface area contributed by atoms with Crippen molar-refractivity contribution in [3.63, 3.8) is 0 Å². The minimum atomic E-state index is -3.98. The molecule has 148 valence electrons. The third-order valence-corrected chi connectivity index (χ3v) is 5.47. The fraction of sp³-hybridized carbons (Fsp3) is 0.211. The van der Waals surface area contributed by atoms with E-state index in [0.717, 1.165) is 5.56 Å². The van der Waals surface area contributed by atoms with Gasteiger partial charge in [0.05, 0.1) is 10.9 Å². The maximum Gasteiger partial charge on any atom is 0.269 e. The van der Waals surface area contributed by atoms with E-state index < -0.39 is 27.9 Å². The Labute approximate surface area is 163 Å². The zero-order valence-electron chi connectivity index (χ0n) is 15.6. The van der Waals surface area contributed by atoms with Crippen molar-refractivity contribution < 1.29 is 22.8 Å². The van der Waals surface area contributed by atoms with Crippen LogP contribution in [0.1, 0.15) is 40.1 Å². The molecule has 2 aromatic carbocycles. The molecule has 0 aliphatic rings. The number of ketones is 1. The summed E-state index contributed by atoms with van der Waals surface area (Å²) < 4.78 is 26.9. The lowest BCUT2D eigenvalue weighted by Gasteiger charge is -2.15. The first-order valence-electron chi connectivity index (χ1n) is 8.40. The quantitative estimate of drug-likeness (QED) is 0.496. The van der Waals surface area contributed by atoms with Crippen molar-refractivity contribution in [1.29, 1.82) is 0 Å². The van der Waals surface area contributed by atoms with Gasteiger partial charge in [-0.2, -0.15) is 4.72 Å². The van der Waals surface area contributed by atoms with Gasteiger partial charge >= 0.3 is 0 Å². The van der Waals surface area contributed by atoms with Crippen molar-refractivity contribution in [1.82, 2.24) is 15.6 Å². The van der Waals surface area contributed by atoms with Crippen LogP contribution < -0.4 is 15.6 Å². The first-order valence-corrected chi connectivity index (χ1v) is 9.88. The van der Waals surface area contributed by atoms with E-state index in [1.54, 1.807) is 24.3 Å². The molecule has 0 spiro atoms. The molecule has 0 aromatic heterocycles. The number of aryl methyl sites for hydroxylation is 1. The average molecular weight is 403 g/mol. The fourth-order valence-corrected chi connectivity index (χ4v) is 3.43.